The zero-order valence-corrected chi connectivity index (χ0v) is 19.4. The molecule has 1 aromatic heterocycles. The first-order chi connectivity index (χ1) is 16.2. The minimum absolute atomic E-state index is 0.0800. The third kappa shape index (κ3) is 6.28. The number of carboxylic acids is 1. The summed E-state index contributed by atoms with van der Waals surface area (Å²) >= 11 is 0. The van der Waals surface area contributed by atoms with Gasteiger partial charge >= 0.3 is 11.9 Å². The minimum Gasteiger partial charge on any atom is -0.493 e. The summed E-state index contributed by atoms with van der Waals surface area (Å²) in [5.41, 5.74) is 1.65. The van der Waals surface area contributed by atoms with Crippen molar-refractivity contribution in [2.24, 2.45) is 5.92 Å². The van der Waals surface area contributed by atoms with Crippen molar-refractivity contribution in [1.29, 1.82) is 0 Å². The number of carboxylic acid groups (broad SMARTS) is 1. The lowest BCUT2D eigenvalue weighted by atomic mass is 9.89. The Kier molecular flexibility index (Phi) is 8.55. The maximum absolute atomic E-state index is 14.8. The molecule has 0 saturated carbocycles. The van der Waals surface area contributed by atoms with Crippen LogP contribution in [-0.2, 0) is 9.53 Å². The van der Waals surface area contributed by atoms with Gasteiger partial charge in [0, 0.05) is 24.1 Å². The molecule has 0 unspecified atom stereocenters. The van der Waals surface area contributed by atoms with E-state index in [2.05, 4.69) is 4.98 Å². The van der Waals surface area contributed by atoms with E-state index in [1.807, 2.05) is 4.90 Å². The van der Waals surface area contributed by atoms with E-state index < -0.39 is 24.2 Å². The largest absolute Gasteiger partial charge is 0.493 e. The fraction of sp³-hybridized carbons (Fsp3) is 0.480. The molecular weight excluding hydrogens is 446 g/mol. The lowest BCUT2D eigenvalue weighted by Gasteiger charge is -2.35. The Bertz CT molecular complexity index is 1010. The van der Waals surface area contributed by atoms with Crippen LogP contribution in [0.5, 0.6) is 5.75 Å². The maximum atomic E-state index is 14.8. The second-order valence-electron chi connectivity index (χ2n) is 8.35. The van der Waals surface area contributed by atoms with Crippen LogP contribution in [0.15, 0.2) is 36.5 Å². The van der Waals surface area contributed by atoms with E-state index in [1.165, 1.54) is 6.20 Å². The van der Waals surface area contributed by atoms with Crippen LogP contribution in [-0.4, -0.2) is 65.7 Å². The molecule has 184 valence electrons. The van der Waals surface area contributed by atoms with E-state index in [-0.39, 0.29) is 24.8 Å². The van der Waals surface area contributed by atoms with Gasteiger partial charge in [-0.05, 0) is 63.0 Å². The molecule has 0 spiro atoms. The molecule has 1 aliphatic heterocycles. The van der Waals surface area contributed by atoms with Crippen molar-refractivity contribution in [1.82, 2.24) is 9.88 Å². The van der Waals surface area contributed by atoms with E-state index in [4.69, 9.17) is 9.47 Å². The normalized spacial score (nSPS) is 15.2. The number of rotatable bonds is 10. The second-order valence-corrected chi connectivity index (χ2v) is 8.35. The topological polar surface area (TPSA) is 89.0 Å². The highest BCUT2D eigenvalue weighted by Crippen LogP contribution is 2.37. The first-order valence-electron chi connectivity index (χ1n) is 11.4. The smallest absolute Gasteiger partial charge is 0.355 e. The molecule has 3 rings (SSSR count). The molecule has 2 aromatic rings. The Morgan fingerprint density at radius 3 is 2.56 bits per heavy atom. The summed E-state index contributed by atoms with van der Waals surface area (Å²) in [7, 11) is 0. The number of piperidine rings is 1. The van der Waals surface area contributed by atoms with Crippen LogP contribution in [0, 0.1) is 12.8 Å². The summed E-state index contributed by atoms with van der Waals surface area (Å²) in [5, 5.41) is 9.42. The Morgan fingerprint density at radius 2 is 1.88 bits per heavy atom. The van der Waals surface area contributed by atoms with Crippen LogP contribution in [0.4, 0.5) is 8.78 Å². The number of benzene rings is 1. The summed E-state index contributed by atoms with van der Waals surface area (Å²) in [5.74, 6) is -4.70. The van der Waals surface area contributed by atoms with Gasteiger partial charge < -0.3 is 14.6 Å². The number of hydrogen-bond acceptors (Lipinski definition) is 6. The van der Waals surface area contributed by atoms with Crippen molar-refractivity contribution in [3.63, 3.8) is 0 Å². The van der Waals surface area contributed by atoms with E-state index in [0.29, 0.717) is 55.0 Å². The minimum atomic E-state index is -2.89. The molecule has 0 amide bonds. The SMILES string of the molecule is CCOC(=O)CN1CCC(C(F)(F)CCOc2cccc(-c3cccnc3C(=O)O)c2C)CC1. The predicted molar refractivity (Wildman–Crippen MR) is 122 cm³/mol. The molecule has 0 radical (unpaired) electrons. The van der Waals surface area contributed by atoms with Crippen molar-refractivity contribution in [2.45, 2.75) is 39.0 Å². The van der Waals surface area contributed by atoms with Gasteiger partial charge in [0.2, 0.25) is 0 Å². The lowest BCUT2D eigenvalue weighted by Crippen LogP contribution is -2.43. The number of aromatic nitrogens is 1. The van der Waals surface area contributed by atoms with E-state index in [9.17, 15) is 23.5 Å². The number of carbonyl (C=O) groups excluding carboxylic acids is 1. The number of aromatic carboxylic acids is 1. The van der Waals surface area contributed by atoms with Crippen molar-refractivity contribution >= 4 is 11.9 Å². The zero-order chi connectivity index (χ0) is 24.7. The molecule has 1 saturated heterocycles. The summed E-state index contributed by atoms with van der Waals surface area (Å²) < 4.78 is 40.3. The monoisotopic (exact) mass is 476 g/mol. The number of alkyl halides is 2. The molecule has 7 nitrogen and oxygen atoms in total. The summed E-state index contributed by atoms with van der Waals surface area (Å²) in [6, 6.07) is 8.44. The summed E-state index contributed by atoms with van der Waals surface area (Å²) in [6.07, 6.45) is 1.60. The average Bonchev–Trinajstić information content (AvgIpc) is 2.80. The number of pyridine rings is 1. The van der Waals surface area contributed by atoms with Crippen LogP contribution in [0.2, 0.25) is 0 Å². The molecule has 1 N–H and O–H groups in total. The zero-order valence-electron chi connectivity index (χ0n) is 19.4. The Morgan fingerprint density at radius 1 is 1.18 bits per heavy atom. The highest BCUT2D eigenvalue weighted by Gasteiger charge is 2.41. The number of halogens is 2. The summed E-state index contributed by atoms with van der Waals surface area (Å²) in [6.45, 7) is 4.62. The molecule has 1 aliphatic rings. The molecule has 0 aliphatic carbocycles. The van der Waals surface area contributed by atoms with E-state index in [0.717, 1.165) is 0 Å². The van der Waals surface area contributed by atoms with Crippen LogP contribution in [0.3, 0.4) is 0 Å². The van der Waals surface area contributed by atoms with E-state index in [1.54, 1.807) is 44.2 Å². The first-order valence-corrected chi connectivity index (χ1v) is 11.4. The molecule has 9 heteroatoms. The van der Waals surface area contributed by atoms with Gasteiger partial charge in [0.25, 0.3) is 5.92 Å². The van der Waals surface area contributed by atoms with Gasteiger partial charge in [-0.25, -0.2) is 18.6 Å². The third-order valence-electron chi connectivity index (χ3n) is 6.12. The Labute approximate surface area is 197 Å². The van der Waals surface area contributed by atoms with Crippen LogP contribution < -0.4 is 4.74 Å². The van der Waals surface area contributed by atoms with Gasteiger partial charge in [0.05, 0.1) is 19.8 Å². The number of esters is 1. The average molecular weight is 477 g/mol. The highest BCUT2D eigenvalue weighted by atomic mass is 19.3. The molecule has 2 heterocycles. The summed E-state index contributed by atoms with van der Waals surface area (Å²) in [4.78, 5) is 28.9. The molecule has 0 atom stereocenters. The van der Waals surface area contributed by atoms with Gasteiger partial charge in [-0.15, -0.1) is 0 Å². The fourth-order valence-corrected chi connectivity index (χ4v) is 4.26. The van der Waals surface area contributed by atoms with Gasteiger partial charge in [-0.1, -0.05) is 18.2 Å². The second kappa shape index (κ2) is 11.4. The van der Waals surface area contributed by atoms with Crippen molar-refractivity contribution in [2.75, 3.05) is 32.8 Å². The van der Waals surface area contributed by atoms with Gasteiger partial charge in [-0.3, -0.25) is 9.69 Å². The number of nitrogens with zero attached hydrogens (tertiary/aromatic N) is 2. The molecule has 0 bridgehead atoms. The molecule has 1 aromatic carbocycles. The number of ether oxygens (including phenoxy) is 2. The van der Waals surface area contributed by atoms with Crippen molar-refractivity contribution in [3.8, 4) is 16.9 Å². The van der Waals surface area contributed by atoms with Gasteiger partial charge in [0.1, 0.15) is 5.75 Å². The van der Waals surface area contributed by atoms with Crippen LogP contribution in [0.25, 0.3) is 11.1 Å². The lowest BCUT2D eigenvalue weighted by molar-refractivity contribution is -0.145. The van der Waals surface area contributed by atoms with Gasteiger partial charge in [0.15, 0.2) is 5.69 Å². The standard InChI is InChI=1S/C25H30F2N2O5/c1-3-33-22(30)16-29-13-9-18(10-14-29)25(26,27)11-15-34-21-8-4-6-19(17(21)2)20-7-5-12-28-23(20)24(31)32/h4-8,12,18H,3,9-11,13-16H2,1-2H3,(H,31,32). The quantitative estimate of drug-likeness (QED) is 0.507. The molecule has 34 heavy (non-hydrogen) atoms. The number of likely N-dealkylation sites (tertiary alicyclic amines) is 1. The first kappa shape index (κ1) is 25.6. The highest BCUT2D eigenvalue weighted by molar-refractivity contribution is 5.94. The van der Waals surface area contributed by atoms with E-state index >= 15 is 0 Å². The number of hydrogen-bond donors (Lipinski definition) is 1. The van der Waals surface area contributed by atoms with Crippen molar-refractivity contribution in [3.05, 3.63) is 47.8 Å². The number of carbonyl (C=O) groups is 2. The Balaban J connectivity index is 1.58. The maximum Gasteiger partial charge on any atom is 0.355 e. The molecular formula is C25H30F2N2O5. The predicted octanol–water partition coefficient (Wildman–Crippen LogP) is 4.43. The Hall–Kier alpha value is -3.07. The van der Waals surface area contributed by atoms with Crippen molar-refractivity contribution < 1.29 is 33.0 Å². The van der Waals surface area contributed by atoms with Crippen LogP contribution >= 0.6 is 0 Å². The molecule has 1 fully saturated rings. The van der Waals surface area contributed by atoms with Gasteiger partial charge in [-0.2, -0.15) is 0 Å². The third-order valence-corrected chi connectivity index (χ3v) is 6.12. The van der Waals surface area contributed by atoms with Crippen LogP contribution in [0.1, 0.15) is 42.2 Å². The fourth-order valence-electron chi connectivity index (χ4n) is 4.26.